The predicted molar refractivity (Wildman–Crippen MR) is 96.0 cm³/mol. The SMILES string of the molecule is C=C1C=CC(CCc2c(F)cc(-c3cc(F)c(C)c(F)c3F)c(F)c2F)=C(F)C1F. The van der Waals surface area contributed by atoms with E-state index in [1.165, 1.54) is 12.2 Å². The molecule has 0 saturated carbocycles. The predicted octanol–water partition coefficient (Wildman–Crippen LogP) is 7.12. The van der Waals surface area contributed by atoms with E-state index in [-0.39, 0.29) is 17.6 Å². The molecule has 0 nitrogen and oxygen atoms in total. The van der Waals surface area contributed by atoms with Crippen molar-refractivity contribution >= 4 is 0 Å². The van der Waals surface area contributed by atoms with Crippen molar-refractivity contribution in [3.63, 3.8) is 0 Å². The van der Waals surface area contributed by atoms with Gasteiger partial charge in [-0.15, -0.1) is 0 Å². The molecular weight excluding hydrogens is 416 g/mol. The first-order valence-corrected chi connectivity index (χ1v) is 8.74. The molecule has 0 aromatic heterocycles. The smallest absolute Gasteiger partial charge is 0.176 e. The van der Waals surface area contributed by atoms with Crippen LogP contribution in [0.3, 0.4) is 0 Å². The number of hydrogen-bond acceptors (Lipinski definition) is 0. The fourth-order valence-corrected chi connectivity index (χ4v) is 3.10. The number of halogens is 8. The van der Waals surface area contributed by atoms with Crippen molar-refractivity contribution in [1.82, 2.24) is 0 Å². The van der Waals surface area contributed by atoms with E-state index >= 15 is 0 Å². The Labute approximate surface area is 166 Å². The van der Waals surface area contributed by atoms with Crippen LogP contribution in [0.5, 0.6) is 0 Å². The van der Waals surface area contributed by atoms with E-state index in [1.807, 2.05) is 0 Å². The maximum Gasteiger partial charge on any atom is 0.176 e. The van der Waals surface area contributed by atoms with Crippen molar-refractivity contribution in [1.29, 1.82) is 0 Å². The molecule has 158 valence electrons. The van der Waals surface area contributed by atoms with Gasteiger partial charge < -0.3 is 0 Å². The van der Waals surface area contributed by atoms with E-state index in [0.717, 1.165) is 6.92 Å². The summed E-state index contributed by atoms with van der Waals surface area (Å²) in [6.45, 7) is 4.26. The zero-order valence-electron chi connectivity index (χ0n) is 15.5. The van der Waals surface area contributed by atoms with Crippen LogP contribution in [-0.2, 0) is 6.42 Å². The highest BCUT2D eigenvalue weighted by atomic mass is 19.2. The molecule has 1 unspecified atom stereocenters. The summed E-state index contributed by atoms with van der Waals surface area (Å²) in [6, 6.07) is 0.841. The van der Waals surface area contributed by atoms with E-state index < -0.39 is 75.6 Å². The number of alkyl halides is 1. The first kappa shape index (κ1) is 21.8. The Morgan fingerprint density at radius 3 is 1.97 bits per heavy atom. The Kier molecular flexibility index (Phi) is 5.87. The average molecular weight is 430 g/mol. The van der Waals surface area contributed by atoms with E-state index in [1.54, 1.807) is 0 Å². The minimum absolute atomic E-state index is 0.122. The van der Waals surface area contributed by atoms with Gasteiger partial charge in [0.25, 0.3) is 0 Å². The third-order valence-electron chi connectivity index (χ3n) is 4.93. The van der Waals surface area contributed by atoms with Crippen molar-refractivity contribution < 1.29 is 35.1 Å². The van der Waals surface area contributed by atoms with E-state index in [4.69, 9.17) is 0 Å². The van der Waals surface area contributed by atoms with Crippen LogP contribution in [0.4, 0.5) is 35.1 Å². The lowest BCUT2D eigenvalue weighted by atomic mass is 9.94. The summed E-state index contributed by atoms with van der Waals surface area (Å²) in [6.07, 6.45) is -0.567. The molecule has 0 bridgehead atoms. The van der Waals surface area contributed by atoms with Gasteiger partial charge >= 0.3 is 0 Å². The lowest BCUT2D eigenvalue weighted by molar-refractivity contribution is 0.364. The lowest BCUT2D eigenvalue weighted by Gasteiger charge is -2.16. The van der Waals surface area contributed by atoms with Gasteiger partial charge in [0, 0.05) is 22.3 Å². The van der Waals surface area contributed by atoms with Crippen LogP contribution in [-0.4, -0.2) is 6.17 Å². The summed E-state index contributed by atoms with van der Waals surface area (Å²) in [5.41, 5.74) is -3.75. The molecule has 2 aromatic rings. The zero-order valence-corrected chi connectivity index (χ0v) is 15.5. The van der Waals surface area contributed by atoms with E-state index in [0.29, 0.717) is 12.1 Å². The number of hydrogen-bond donors (Lipinski definition) is 0. The summed E-state index contributed by atoms with van der Waals surface area (Å²) in [4.78, 5) is 0. The van der Waals surface area contributed by atoms with Crippen molar-refractivity contribution in [2.75, 3.05) is 0 Å². The summed E-state index contributed by atoms with van der Waals surface area (Å²) in [5, 5.41) is 0. The van der Waals surface area contributed by atoms with Crippen LogP contribution in [0.1, 0.15) is 17.5 Å². The molecule has 0 N–H and O–H groups in total. The number of benzene rings is 2. The molecule has 30 heavy (non-hydrogen) atoms. The molecule has 1 atom stereocenters. The Hall–Kier alpha value is -2.90. The van der Waals surface area contributed by atoms with Gasteiger partial charge in [-0.1, -0.05) is 18.7 Å². The molecular formula is C22H14F8. The van der Waals surface area contributed by atoms with Gasteiger partial charge in [0.05, 0.1) is 0 Å². The molecule has 0 saturated heterocycles. The molecule has 1 aliphatic rings. The summed E-state index contributed by atoms with van der Waals surface area (Å²) < 4.78 is 113. The summed E-state index contributed by atoms with van der Waals surface area (Å²) in [5.74, 6) is -10.4. The van der Waals surface area contributed by atoms with E-state index in [2.05, 4.69) is 6.58 Å². The number of rotatable bonds is 4. The summed E-state index contributed by atoms with van der Waals surface area (Å²) >= 11 is 0. The van der Waals surface area contributed by atoms with Gasteiger partial charge in [-0.2, -0.15) is 0 Å². The molecule has 0 fully saturated rings. The van der Waals surface area contributed by atoms with Gasteiger partial charge in [0.15, 0.2) is 29.4 Å². The van der Waals surface area contributed by atoms with E-state index in [9.17, 15) is 35.1 Å². The van der Waals surface area contributed by atoms with Crippen LogP contribution >= 0.6 is 0 Å². The number of allylic oxidation sites excluding steroid dienone is 5. The first-order chi connectivity index (χ1) is 14.0. The molecule has 0 aliphatic heterocycles. The molecule has 0 spiro atoms. The Morgan fingerprint density at radius 1 is 0.767 bits per heavy atom. The Balaban J connectivity index is 1.99. The molecule has 0 radical (unpaired) electrons. The lowest BCUT2D eigenvalue weighted by Crippen LogP contribution is -2.10. The van der Waals surface area contributed by atoms with Crippen molar-refractivity contribution in [2.45, 2.75) is 25.9 Å². The second kappa shape index (κ2) is 8.08. The standard InChI is InChI=1S/C22H14F8/c1-9-3-4-11(19(27)17(9)25)5-6-12-16(24)8-14(22(30)20(12)28)13-7-15(23)10(2)18(26)21(13)29/h3-4,7-8,17H,1,5-6H2,2H3. The normalized spacial score (nSPS) is 16.6. The third-order valence-corrected chi connectivity index (χ3v) is 4.93. The Bertz CT molecular complexity index is 1110. The molecule has 0 heterocycles. The topological polar surface area (TPSA) is 0 Å². The third kappa shape index (κ3) is 3.66. The largest absolute Gasteiger partial charge is 0.234 e. The van der Waals surface area contributed by atoms with Crippen LogP contribution < -0.4 is 0 Å². The second-order valence-electron chi connectivity index (χ2n) is 6.82. The van der Waals surface area contributed by atoms with Gasteiger partial charge in [-0.3, -0.25) is 0 Å². The van der Waals surface area contributed by atoms with Gasteiger partial charge in [0.1, 0.15) is 17.5 Å². The highest BCUT2D eigenvalue weighted by Gasteiger charge is 2.26. The minimum atomic E-state index is -2.08. The molecule has 3 rings (SSSR count). The average Bonchev–Trinajstić information content (AvgIpc) is 2.71. The molecule has 2 aromatic carbocycles. The quantitative estimate of drug-likeness (QED) is 0.358. The monoisotopic (exact) mass is 430 g/mol. The molecule has 8 heteroatoms. The second-order valence-corrected chi connectivity index (χ2v) is 6.82. The highest BCUT2D eigenvalue weighted by Crippen LogP contribution is 2.35. The van der Waals surface area contributed by atoms with Crippen molar-refractivity contribution in [3.05, 3.63) is 93.9 Å². The van der Waals surface area contributed by atoms with Gasteiger partial charge in [-0.05, 0) is 43.0 Å². The fraction of sp³-hybridized carbons (Fsp3) is 0.182. The van der Waals surface area contributed by atoms with Crippen molar-refractivity contribution in [2.24, 2.45) is 0 Å². The van der Waals surface area contributed by atoms with Crippen LogP contribution in [0.15, 0.2) is 47.8 Å². The summed E-state index contributed by atoms with van der Waals surface area (Å²) in [7, 11) is 0. The van der Waals surface area contributed by atoms with Crippen molar-refractivity contribution in [3.8, 4) is 11.1 Å². The first-order valence-electron chi connectivity index (χ1n) is 8.74. The molecule has 0 amide bonds. The maximum absolute atomic E-state index is 14.5. The van der Waals surface area contributed by atoms with Crippen LogP contribution in [0.2, 0.25) is 0 Å². The maximum atomic E-state index is 14.5. The van der Waals surface area contributed by atoms with Gasteiger partial charge in [-0.25, -0.2) is 35.1 Å². The van der Waals surface area contributed by atoms with Gasteiger partial charge in [0.2, 0.25) is 0 Å². The highest BCUT2D eigenvalue weighted by molar-refractivity contribution is 5.66. The van der Waals surface area contributed by atoms with Crippen LogP contribution in [0, 0.1) is 41.8 Å². The van der Waals surface area contributed by atoms with Crippen LogP contribution in [0.25, 0.3) is 11.1 Å². The minimum Gasteiger partial charge on any atom is -0.234 e. The fourth-order valence-electron chi connectivity index (χ4n) is 3.10. The molecule has 1 aliphatic carbocycles. The zero-order chi connectivity index (χ0) is 22.3. The Morgan fingerprint density at radius 2 is 1.33 bits per heavy atom.